The van der Waals surface area contributed by atoms with Gasteiger partial charge in [0.1, 0.15) is 12.4 Å². The Morgan fingerprint density at radius 1 is 1.12 bits per heavy atom. The summed E-state index contributed by atoms with van der Waals surface area (Å²) < 4.78 is 7.26. The zero-order chi connectivity index (χ0) is 21.9. The van der Waals surface area contributed by atoms with Gasteiger partial charge in [0.05, 0.1) is 6.04 Å². The topological polar surface area (TPSA) is 76.4 Å². The Balaban J connectivity index is 1.40. The molecule has 1 unspecified atom stereocenters. The van der Waals surface area contributed by atoms with E-state index in [0.717, 1.165) is 95.1 Å². The van der Waals surface area contributed by atoms with Crippen LogP contribution in [-0.4, -0.2) is 63.4 Å². The number of carbonyl (C=O) groups is 1. The van der Waals surface area contributed by atoms with Crippen LogP contribution in [0, 0.1) is 12.8 Å². The average Bonchev–Trinajstić information content (AvgIpc) is 3.33. The first-order valence-electron chi connectivity index (χ1n) is 12.2. The molecule has 0 N–H and O–H groups in total. The van der Waals surface area contributed by atoms with Gasteiger partial charge in [0.2, 0.25) is 5.91 Å². The molecular weight excluding hydrogens is 404 g/mol. The smallest absolute Gasteiger partial charge is 0.244 e. The van der Waals surface area contributed by atoms with Crippen molar-refractivity contribution in [2.75, 3.05) is 37.7 Å². The third-order valence-electron chi connectivity index (χ3n) is 7.16. The number of likely N-dealkylation sites (tertiary alicyclic amines) is 1. The first kappa shape index (κ1) is 21.4. The molecule has 1 atom stereocenters. The molecule has 2 aromatic heterocycles. The van der Waals surface area contributed by atoms with Gasteiger partial charge in [0.25, 0.3) is 0 Å². The van der Waals surface area contributed by atoms with Crippen molar-refractivity contribution in [2.24, 2.45) is 5.92 Å². The molecule has 2 fully saturated rings. The van der Waals surface area contributed by atoms with Crippen LogP contribution in [0.15, 0.2) is 18.5 Å². The second-order valence-electron chi connectivity index (χ2n) is 9.38. The normalized spacial score (nSPS) is 22.1. The molecule has 0 saturated carbocycles. The van der Waals surface area contributed by atoms with Crippen molar-refractivity contribution in [3.63, 3.8) is 0 Å². The van der Waals surface area contributed by atoms with E-state index in [0.29, 0.717) is 5.92 Å². The minimum atomic E-state index is -0.0531. The van der Waals surface area contributed by atoms with E-state index < -0.39 is 0 Å². The van der Waals surface area contributed by atoms with Gasteiger partial charge in [-0.15, -0.1) is 0 Å². The van der Waals surface area contributed by atoms with Crippen LogP contribution in [0.4, 0.5) is 5.82 Å². The number of carbonyl (C=O) groups excluding carboxylic acids is 1. The number of nitrogens with zero attached hydrogens (tertiary/aromatic N) is 6. The second-order valence-corrected chi connectivity index (χ2v) is 9.38. The summed E-state index contributed by atoms with van der Waals surface area (Å²) in [5.41, 5.74) is 2.36. The highest BCUT2D eigenvalue weighted by Crippen LogP contribution is 2.34. The van der Waals surface area contributed by atoms with Crippen molar-refractivity contribution in [3.8, 4) is 0 Å². The second kappa shape index (κ2) is 9.57. The predicted octanol–water partition coefficient (Wildman–Crippen LogP) is 2.91. The Kier molecular flexibility index (Phi) is 6.39. The fourth-order valence-electron chi connectivity index (χ4n) is 5.40. The summed E-state index contributed by atoms with van der Waals surface area (Å²) in [5.74, 6) is 2.68. The Labute approximate surface area is 190 Å². The van der Waals surface area contributed by atoms with Gasteiger partial charge in [0.15, 0.2) is 5.82 Å². The average molecular weight is 439 g/mol. The largest absolute Gasteiger partial charge is 0.381 e. The maximum Gasteiger partial charge on any atom is 0.244 e. The molecule has 3 aliphatic rings. The fraction of sp³-hybridized carbons (Fsp3) is 0.667. The van der Waals surface area contributed by atoms with Crippen LogP contribution in [0.1, 0.15) is 61.6 Å². The molecule has 172 valence electrons. The van der Waals surface area contributed by atoms with Crippen LogP contribution < -0.4 is 4.90 Å². The highest BCUT2D eigenvalue weighted by Gasteiger charge is 2.33. The summed E-state index contributed by atoms with van der Waals surface area (Å²) in [7, 11) is 0. The van der Waals surface area contributed by atoms with Gasteiger partial charge in [0, 0.05) is 56.5 Å². The highest BCUT2D eigenvalue weighted by molar-refractivity contribution is 5.76. The first-order valence-corrected chi connectivity index (χ1v) is 12.2. The van der Waals surface area contributed by atoms with E-state index in [1.807, 2.05) is 17.2 Å². The van der Waals surface area contributed by atoms with E-state index in [1.54, 1.807) is 10.9 Å². The summed E-state index contributed by atoms with van der Waals surface area (Å²) in [4.78, 5) is 27.7. The Bertz CT molecular complexity index is 925. The van der Waals surface area contributed by atoms with Crippen molar-refractivity contribution in [2.45, 2.75) is 64.5 Å². The number of rotatable bonds is 5. The minimum Gasteiger partial charge on any atom is -0.381 e. The fourth-order valence-corrected chi connectivity index (χ4v) is 5.40. The number of fused-ring (bicyclic) bond motifs is 1. The number of aromatic nitrogens is 4. The molecule has 5 heterocycles. The SMILES string of the molecule is Cc1nc(C2CCCCN2C(=O)Cn2cccn2)nc2c1CCCN2CC1CCOCC1. The molecule has 0 spiro atoms. The van der Waals surface area contributed by atoms with Gasteiger partial charge >= 0.3 is 0 Å². The lowest BCUT2D eigenvalue weighted by molar-refractivity contribution is -0.136. The Morgan fingerprint density at radius 3 is 2.81 bits per heavy atom. The molecule has 0 radical (unpaired) electrons. The Morgan fingerprint density at radius 2 is 2.00 bits per heavy atom. The molecule has 5 rings (SSSR count). The molecule has 2 saturated heterocycles. The first-order chi connectivity index (χ1) is 15.7. The standard InChI is InChI=1S/C24H34N6O2/c1-18-20-6-4-11-28(16-19-8-14-32-15-9-19)24(20)27-23(26-18)21-7-2-3-13-30(21)22(31)17-29-12-5-10-25-29/h5,10,12,19,21H,2-4,6-9,11,13-17H2,1H3. The zero-order valence-electron chi connectivity index (χ0n) is 19.1. The van der Waals surface area contributed by atoms with Crippen molar-refractivity contribution in [1.29, 1.82) is 0 Å². The van der Waals surface area contributed by atoms with E-state index in [9.17, 15) is 4.79 Å². The highest BCUT2D eigenvalue weighted by atomic mass is 16.5. The summed E-state index contributed by atoms with van der Waals surface area (Å²) in [6, 6.07) is 1.80. The molecule has 8 nitrogen and oxygen atoms in total. The zero-order valence-corrected chi connectivity index (χ0v) is 19.1. The lowest BCUT2D eigenvalue weighted by Crippen LogP contribution is -2.42. The number of aryl methyl sites for hydroxylation is 1. The maximum absolute atomic E-state index is 13.1. The maximum atomic E-state index is 13.1. The van der Waals surface area contributed by atoms with Crippen LogP contribution in [0.3, 0.4) is 0 Å². The lowest BCUT2D eigenvalue weighted by atomic mass is 9.96. The van der Waals surface area contributed by atoms with Gasteiger partial charge in [-0.3, -0.25) is 9.48 Å². The number of ether oxygens (including phenoxy) is 1. The minimum absolute atomic E-state index is 0.0531. The van der Waals surface area contributed by atoms with E-state index in [2.05, 4.69) is 16.9 Å². The van der Waals surface area contributed by atoms with E-state index >= 15 is 0 Å². The van der Waals surface area contributed by atoms with E-state index in [1.165, 1.54) is 5.56 Å². The number of amides is 1. The third-order valence-corrected chi connectivity index (χ3v) is 7.16. The van der Waals surface area contributed by atoms with Gasteiger partial charge in [-0.2, -0.15) is 5.10 Å². The number of hydrogen-bond donors (Lipinski definition) is 0. The molecule has 0 aliphatic carbocycles. The van der Waals surface area contributed by atoms with Gasteiger partial charge in [-0.1, -0.05) is 0 Å². The molecule has 1 amide bonds. The van der Waals surface area contributed by atoms with Gasteiger partial charge in [-0.05, 0) is 63.9 Å². The molecule has 32 heavy (non-hydrogen) atoms. The molecule has 8 heteroatoms. The number of anilines is 1. The van der Waals surface area contributed by atoms with Crippen molar-refractivity contribution in [3.05, 3.63) is 35.5 Å². The van der Waals surface area contributed by atoms with E-state index in [-0.39, 0.29) is 18.5 Å². The predicted molar refractivity (Wildman–Crippen MR) is 121 cm³/mol. The molecule has 2 aromatic rings. The van der Waals surface area contributed by atoms with Crippen LogP contribution in [0.2, 0.25) is 0 Å². The monoisotopic (exact) mass is 438 g/mol. The quantitative estimate of drug-likeness (QED) is 0.715. The molecule has 3 aliphatic heterocycles. The summed E-state index contributed by atoms with van der Waals surface area (Å²) >= 11 is 0. The van der Waals surface area contributed by atoms with Crippen molar-refractivity contribution >= 4 is 11.7 Å². The summed E-state index contributed by atoms with van der Waals surface area (Å²) in [5, 5.41) is 4.21. The van der Waals surface area contributed by atoms with Crippen molar-refractivity contribution in [1.82, 2.24) is 24.6 Å². The van der Waals surface area contributed by atoms with Crippen LogP contribution >= 0.6 is 0 Å². The van der Waals surface area contributed by atoms with Crippen LogP contribution in [0.5, 0.6) is 0 Å². The van der Waals surface area contributed by atoms with Gasteiger partial charge in [-0.25, -0.2) is 9.97 Å². The Hall–Kier alpha value is -2.48. The molecule has 0 aromatic carbocycles. The number of piperidine rings is 1. The third kappa shape index (κ3) is 4.51. The molecular formula is C24H34N6O2. The summed E-state index contributed by atoms with van der Waals surface area (Å²) in [6.07, 6.45) is 11.0. The van der Waals surface area contributed by atoms with Crippen molar-refractivity contribution < 1.29 is 9.53 Å². The summed E-state index contributed by atoms with van der Waals surface area (Å²) in [6.45, 7) is 6.97. The number of hydrogen-bond acceptors (Lipinski definition) is 6. The van der Waals surface area contributed by atoms with E-state index in [4.69, 9.17) is 14.7 Å². The lowest BCUT2D eigenvalue weighted by Gasteiger charge is -2.38. The van der Waals surface area contributed by atoms with Crippen LogP contribution in [0.25, 0.3) is 0 Å². The molecule has 0 bridgehead atoms. The van der Waals surface area contributed by atoms with Gasteiger partial charge < -0.3 is 14.5 Å². The van der Waals surface area contributed by atoms with Crippen LogP contribution in [-0.2, 0) is 22.5 Å².